The lowest BCUT2D eigenvalue weighted by Crippen LogP contribution is -2.45. The molecule has 0 unspecified atom stereocenters. The monoisotopic (exact) mass is 462 g/mol. The summed E-state index contributed by atoms with van der Waals surface area (Å²) in [5.74, 6) is -0.147. The molecule has 0 aliphatic carbocycles. The van der Waals surface area contributed by atoms with Crippen LogP contribution >= 0.6 is 12.2 Å². The number of hydrogen-bond acceptors (Lipinski definition) is 4. The fourth-order valence-electron chi connectivity index (χ4n) is 3.61. The van der Waals surface area contributed by atoms with Crippen LogP contribution in [-0.4, -0.2) is 17.7 Å². The highest BCUT2D eigenvalue weighted by Gasteiger charge is 2.33. The normalized spacial score (nSPS) is 15.5. The van der Waals surface area contributed by atoms with Crippen LogP contribution in [0.15, 0.2) is 84.4 Å². The van der Waals surface area contributed by atoms with Gasteiger partial charge >= 0.3 is 5.97 Å². The lowest BCUT2D eigenvalue weighted by molar-refractivity contribution is -0.138. The zero-order chi connectivity index (χ0) is 23.2. The second-order valence-electron chi connectivity index (χ2n) is 7.36. The van der Waals surface area contributed by atoms with Crippen LogP contribution in [0.3, 0.4) is 0 Å². The predicted molar refractivity (Wildman–Crippen MR) is 129 cm³/mol. The Morgan fingerprint density at radius 3 is 2.39 bits per heavy atom. The minimum absolute atomic E-state index is 0.119. The molecule has 1 aliphatic heterocycles. The molecule has 0 amide bonds. The Kier molecular flexibility index (Phi) is 7.00. The van der Waals surface area contributed by atoms with E-state index in [0.29, 0.717) is 27.7 Å². The summed E-state index contributed by atoms with van der Waals surface area (Å²) in [6, 6.07) is 22.8. The molecule has 0 saturated heterocycles. The van der Waals surface area contributed by atoms with Crippen molar-refractivity contribution in [2.75, 3.05) is 6.61 Å². The molecule has 33 heavy (non-hydrogen) atoms. The molecular formula is C26H23FN2O3S. The molecule has 7 heteroatoms. The summed E-state index contributed by atoms with van der Waals surface area (Å²) >= 11 is 5.43. The lowest BCUT2D eigenvalue weighted by atomic mass is 9.93. The number of esters is 1. The third-order valence-corrected chi connectivity index (χ3v) is 5.42. The molecule has 4 rings (SSSR count). The maximum absolute atomic E-state index is 13.8. The van der Waals surface area contributed by atoms with Crippen molar-refractivity contribution in [3.05, 3.63) is 107 Å². The quantitative estimate of drug-likeness (QED) is 0.385. The van der Waals surface area contributed by atoms with Crippen LogP contribution in [0.5, 0.6) is 5.75 Å². The molecule has 1 heterocycles. The standard InChI is InChI=1S/C26H23FN2O3S/c1-2-31-25(30)22-23(17-8-4-3-5-9-17)28-26(33)29-24(22)18-12-14-20(15-13-18)32-16-19-10-6-7-11-21(19)27/h3-15,24H,2,16H2,1H3,(H2,28,29,33)/t24-/m0/s1. The van der Waals surface area contributed by atoms with Crippen LogP contribution in [0.25, 0.3) is 5.70 Å². The van der Waals surface area contributed by atoms with Crippen molar-refractivity contribution in [2.45, 2.75) is 19.6 Å². The number of benzene rings is 3. The molecule has 0 fully saturated rings. The minimum atomic E-state index is -0.506. The summed E-state index contributed by atoms with van der Waals surface area (Å²) in [4.78, 5) is 13.0. The number of thiocarbonyl (C=S) groups is 1. The van der Waals surface area contributed by atoms with Gasteiger partial charge in [0.2, 0.25) is 0 Å². The van der Waals surface area contributed by atoms with Gasteiger partial charge in [0.15, 0.2) is 5.11 Å². The van der Waals surface area contributed by atoms with Crippen LogP contribution in [0.2, 0.25) is 0 Å². The highest BCUT2D eigenvalue weighted by Crippen LogP contribution is 2.32. The maximum Gasteiger partial charge on any atom is 0.338 e. The van der Waals surface area contributed by atoms with Gasteiger partial charge in [-0.1, -0.05) is 60.7 Å². The van der Waals surface area contributed by atoms with Gasteiger partial charge in [-0.25, -0.2) is 9.18 Å². The van der Waals surface area contributed by atoms with E-state index in [1.807, 2.05) is 42.5 Å². The molecule has 1 aliphatic rings. The first-order valence-electron chi connectivity index (χ1n) is 10.6. The van der Waals surface area contributed by atoms with E-state index < -0.39 is 12.0 Å². The molecular weight excluding hydrogens is 439 g/mol. The third-order valence-electron chi connectivity index (χ3n) is 5.20. The second-order valence-corrected chi connectivity index (χ2v) is 7.76. The van der Waals surface area contributed by atoms with Crippen LogP contribution in [0.1, 0.15) is 29.7 Å². The van der Waals surface area contributed by atoms with Gasteiger partial charge in [0.25, 0.3) is 0 Å². The average Bonchev–Trinajstić information content (AvgIpc) is 2.84. The highest BCUT2D eigenvalue weighted by atomic mass is 32.1. The van der Waals surface area contributed by atoms with Crippen LogP contribution < -0.4 is 15.4 Å². The van der Waals surface area contributed by atoms with Gasteiger partial charge < -0.3 is 20.1 Å². The van der Waals surface area contributed by atoms with E-state index in [9.17, 15) is 9.18 Å². The van der Waals surface area contributed by atoms with E-state index in [1.54, 1.807) is 37.3 Å². The first-order valence-corrected chi connectivity index (χ1v) is 11.0. The zero-order valence-corrected chi connectivity index (χ0v) is 18.8. The Labute approximate surface area is 197 Å². The number of carbonyl (C=O) groups excluding carboxylic acids is 1. The van der Waals surface area contributed by atoms with Crippen molar-refractivity contribution < 1.29 is 18.7 Å². The highest BCUT2D eigenvalue weighted by molar-refractivity contribution is 7.80. The molecule has 0 bridgehead atoms. The molecule has 2 N–H and O–H groups in total. The van der Waals surface area contributed by atoms with Gasteiger partial charge in [-0.3, -0.25) is 0 Å². The molecule has 0 spiro atoms. The molecule has 3 aromatic rings. The largest absolute Gasteiger partial charge is 0.489 e. The Bertz CT molecular complexity index is 1180. The number of carbonyl (C=O) groups is 1. The van der Waals surface area contributed by atoms with Gasteiger partial charge in [0.1, 0.15) is 18.2 Å². The first-order chi connectivity index (χ1) is 16.1. The number of halogens is 1. The van der Waals surface area contributed by atoms with Gasteiger partial charge in [-0.15, -0.1) is 0 Å². The first kappa shape index (κ1) is 22.5. The van der Waals surface area contributed by atoms with Crippen molar-refractivity contribution in [3.63, 3.8) is 0 Å². The van der Waals surface area contributed by atoms with Crippen molar-refractivity contribution in [1.82, 2.24) is 10.6 Å². The van der Waals surface area contributed by atoms with E-state index in [-0.39, 0.29) is 19.0 Å². The second kappa shape index (κ2) is 10.3. The van der Waals surface area contributed by atoms with Gasteiger partial charge in [-0.05, 0) is 48.5 Å². The summed E-state index contributed by atoms with van der Waals surface area (Å²) in [5.41, 5.74) is 3.18. The molecule has 0 saturated carbocycles. The fourth-order valence-corrected chi connectivity index (χ4v) is 3.83. The van der Waals surface area contributed by atoms with E-state index in [1.165, 1.54) is 6.07 Å². The van der Waals surface area contributed by atoms with Crippen molar-refractivity contribution in [1.29, 1.82) is 0 Å². The van der Waals surface area contributed by atoms with Crippen molar-refractivity contribution in [3.8, 4) is 5.75 Å². The van der Waals surface area contributed by atoms with E-state index in [0.717, 1.165) is 11.1 Å². The molecule has 168 valence electrons. The van der Waals surface area contributed by atoms with Crippen LogP contribution in [-0.2, 0) is 16.1 Å². The third kappa shape index (κ3) is 5.21. The summed E-state index contributed by atoms with van der Waals surface area (Å²) in [7, 11) is 0. The maximum atomic E-state index is 13.8. The predicted octanol–water partition coefficient (Wildman–Crippen LogP) is 4.90. The summed E-state index contributed by atoms with van der Waals surface area (Å²) in [6.07, 6.45) is 0. The van der Waals surface area contributed by atoms with Crippen molar-refractivity contribution >= 4 is 29.0 Å². The Balaban J connectivity index is 1.63. The van der Waals surface area contributed by atoms with E-state index in [4.69, 9.17) is 21.7 Å². The Hall–Kier alpha value is -3.71. The van der Waals surface area contributed by atoms with Crippen molar-refractivity contribution in [2.24, 2.45) is 0 Å². The Morgan fingerprint density at radius 2 is 1.70 bits per heavy atom. The zero-order valence-electron chi connectivity index (χ0n) is 18.0. The van der Waals surface area contributed by atoms with Crippen LogP contribution in [0.4, 0.5) is 4.39 Å². The smallest absolute Gasteiger partial charge is 0.338 e. The molecule has 3 aromatic carbocycles. The SMILES string of the molecule is CCOC(=O)C1=C(c2ccccc2)NC(=S)N[C@H]1c1ccc(OCc2ccccc2F)cc1. The molecule has 5 nitrogen and oxygen atoms in total. The summed E-state index contributed by atoms with van der Waals surface area (Å²) in [6.45, 7) is 2.14. The Morgan fingerprint density at radius 1 is 1.00 bits per heavy atom. The fraction of sp³-hybridized carbons (Fsp3) is 0.154. The van der Waals surface area contributed by atoms with Gasteiger partial charge in [-0.2, -0.15) is 0 Å². The van der Waals surface area contributed by atoms with Gasteiger partial charge in [0, 0.05) is 5.56 Å². The lowest BCUT2D eigenvalue weighted by Gasteiger charge is -2.31. The number of nitrogens with one attached hydrogen (secondary N) is 2. The summed E-state index contributed by atoms with van der Waals surface area (Å²) in [5, 5.41) is 6.70. The summed E-state index contributed by atoms with van der Waals surface area (Å²) < 4.78 is 24.9. The van der Waals surface area contributed by atoms with E-state index >= 15 is 0 Å². The topological polar surface area (TPSA) is 59.6 Å². The van der Waals surface area contributed by atoms with E-state index in [2.05, 4.69) is 10.6 Å². The molecule has 0 radical (unpaired) electrons. The molecule has 0 aromatic heterocycles. The van der Waals surface area contributed by atoms with Gasteiger partial charge in [0.05, 0.1) is 23.9 Å². The average molecular weight is 463 g/mol. The number of hydrogen-bond donors (Lipinski definition) is 2. The number of rotatable bonds is 7. The minimum Gasteiger partial charge on any atom is -0.489 e. The van der Waals surface area contributed by atoms with Crippen LogP contribution in [0, 0.1) is 5.82 Å². The molecule has 1 atom stereocenters. The number of ether oxygens (including phenoxy) is 2.